The van der Waals surface area contributed by atoms with Crippen LogP contribution in [0.25, 0.3) is 0 Å². The van der Waals surface area contributed by atoms with Gasteiger partial charge in [-0.25, -0.2) is 13.6 Å². The highest BCUT2D eigenvalue weighted by Gasteiger charge is 2.20. The van der Waals surface area contributed by atoms with Crippen LogP contribution in [0.5, 0.6) is 5.75 Å². The van der Waals surface area contributed by atoms with Crippen molar-refractivity contribution < 1.29 is 21.9 Å². The molecule has 16 heavy (non-hydrogen) atoms. The third kappa shape index (κ3) is 3.12. The van der Waals surface area contributed by atoms with Crippen LogP contribution in [-0.2, 0) is 10.0 Å². The fourth-order valence-electron chi connectivity index (χ4n) is 0.931. The van der Waals surface area contributed by atoms with E-state index in [1.807, 2.05) is 0 Å². The predicted molar refractivity (Wildman–Crippen MR) is 59.8 cm³/mol. The number of primary sulfonamides is 1. The van der Waals surface area contributed by atoms with Crippen LogP contribution in [0.3, 0.4) is 0 Å². The van der Waals surface area contributed by atoms with Gasteiger partial charge in [-0.2, -0.15) is 8.78 Å². The lowest BCUT2D eigenvalue weighted by molar-refractivity contribution is -0.0510. The third-order valence-corrected chi connectivity index (χ3v) is 4.15. The molecule has 0 atom stereocenters. The second kappa shape index (κ2) is 4.94. The first-order valence-electron chi connectivity index (χ1n) is 3.69. The summed E-state index contributed by atoms with van der Waals surface area (Å²) in [5.41, 5.74) is 0. The molecule has 1 aromatic carbocycles. The molecular formula is C7H5Br2F2NO3S. The molecule has 0 spiro atoms. The first-order chi connectivity index (χ1) is 7.23. The van der Waals surface area contributed by atoms with Gasteiger partial charge in [-0.05, 0) is 44.0 Å². The van der Waals surface area contributed by atoms with E-state index >= 15 is 0 Å². The van der Waals surface area contributed by atoms with Crippen molar-refractivity contribution in [2.75, 3.05) is 0 Å². The Labute approximate surface area is 107 Å². The summed E-state index contributed by atoms with van der Waals surface area (Å²) in [7, 11) is -4.00. The Kier molecular flexibility index (Phi) is 4.27. The maximum absolute atomic E-state index is 12.1. The zero-order valence-electron chi connectivity index (χ0n) is 7.45. The molecule has 0 saturated carbocycles. The maximum atomic E-state index is 12.1. The van der Waals surface area contributed by atoms with Gasteiger partial charge in [0.1, 0.15) is 0 Å². The van der Waals surface area contributed by atoms with Crippen molar-refractivity contribution in [2.24, 2.45) is 5.14 Å². The fraction of sp³-hybridized carbons (Fsp3) is 0.143. The lowest BCUT2D eigenvalue weighted by atomic mass is 10.3. The van der Waals surface area contributed by atoms with Crippen molar-refractivity contribution in [3.05, 3.63) is 21.1 Å². The molecule has 0 aliphatic rings. The molecule has 0 radical (unpaired) electrons. The summed E-state index contributed by atoms with van der Waals surface area (Å²) in [6, 6.07) is 2.42. The second-order valence-electron chi connectivity index (χ2n) is 2.61. The van der Waals surface area contributed by atoms with Crippen LogP contribution in [-0.4, -0.2) is 15.0 Å². The SMILES string of the molecule is NS(=O)(=O)c1ccc(Br)c(OC(F)F)c1Br. The molecule has 90 valence electrons. The molecule has 4 nitrogen and oxygen atoms in total. The monoisotopic (exact) mass is 379 g/mol. The van der Waals surface area contributed by atoms with E-state index in [1.54, 1.807) is 0 Å². The van der Waals surface area contributed by atoms with E-state index in [0.29, 0.717) is 0 Å². The van der Waals surface area contributed by atoms with Crippen LogP contribution in [0.4, 0.5) is 8.78 Å². The summed E-state index contributed by atoms with van der Waals surface area (Å²) in [5, 5.41) is 4.89. The molecular weight excluding hydrogens is 376 g/mol. The van der Waals surface area contributed by atoms with Gasteiger partial charge in [0.25, 0.3) is 0 Å². The molecule has 0 saturated heterocycles. The summed E-state index contributed by atoms with van der Waals surface area (Å²) in [6.45, 7) is -3.07. The van der Waals surface area contributed by atoms with Gasteiger partial charge in [0.2, 0.25) is 10.0 Å². The molecule has 0 fully saturated rings. The summed E-state index contributed by atoms with van der Waals surface area (Å²) in [6.07, 6.45) is 0. The van der Waals surface area contributed by atoms with Crippen LogP contribution in [0.1, 0.15) is 0 Å². The standard InChI is InChI=1S/C7H5Br2F2NO3S/c8-3-1-2-4(16(12,13)14)5(9)6(3)15-7(10)11/h1-2,7H,(H2,12,13,14). The molecule has 0 aliphatic carbocycles. The predicted octanol–water partition coefficient (Wildman–Crippen LogP) is 2.46. The van der Waals surface area contributed by atoms with E-state index in [2.05, 4.69) is 36.6 Å². The van der Waals surface area contributed by atoms with Crippen molar-refractivity contribution in [1.82, 2.24) is 0 Å². The van der Waals surface area contributed by atoms with Gasteiger partial charge in [0, 0.05) is 0 Å². The molecule has 0 amide bonds. The molecule has 2 N–H and O–H groups in total. The molecule has 0 unspecified atom stereocenters. The Balaban J connectivity index is 3.39. The summed E-state index contributed by atoms with van der Waals surface area (Å²) in [4.78, 5) is -0.327. The average molecular weight is 381 g/mol. The van der Waals surface area contributed by atoms with Crippen LogP contribution >= 0.6 is 31.9 Å². The van der Waals surface area contributed by atoms with Crippen LogP contribution < -0.4 is 9.88 Å². The molecule has 0 bridgehead atoms. The number of benzene rings is 1. The lowest BCUT2D eigenvalue weighted by Gasteiger charge is -2.11. The van der Waals surface area contributed by atoms with Crippen molar-refractivity contribution >= 4 is 41.9 Å². The number of hydrogen-bond donors (Lipinski definition) is 1. The van der Waals surface area contributed by atoms with E-state index in [9.17, 15) is 17.2 Å². The van der Waals surface area contributed by atoms with Gasteiger partial charge < -0.3 is 4.74 Å². The normalized spacial score (nSPS) is 11.9. The molecule has 0 aliphatic heterocycles. The summed E-state index contributed by atoms with van der Waals surface area (Å²) >= 11 is 5.80. The van der Waals surface area contributed by atoms with E-state index in [1.165, 1.54) is 12.1 Å². The average Bonchev–Trinajstić information content (AvgIpc) is 2.09. The minimum absolute atomic E-state index is 0.148. The van der Waals surface area contributed by atoms with Crippen LogP contribution in [0.2, 0.25) is 0 Å². The van der Waals surface area contributed by atoms with Crippen LogP contribution in [0.15, 0.2) is 26.0 Å². The smallest absolute Gasteiger partial charge is 0.387 e. The molecule has 1 aromatic rings. The zero-order chi connectivity index (χ0) is 12.5. The van der Waals surface area contributed by atoms with E-state index in [4.69, 9.17) is 5.14 Å². The van der Waals surface area contributed by atoms with Gasteiger partial charge in [-0.3, -0.25) is 0 Å². The Hall–Kier alpha value is -0.250. The van der Waals surface area contributed by atoms with Crippen LogP contribution in [0, 0.1) is 0 Å². The quantitative estimate of drug-likeness (QED) is 0.875. The lowest BCUT2D eigenvalue weighted by Crippen LogP contribution is -2.14. The third-order valence-electron chi connectivity index (χ3n) is 1.53. The van der Waals surface area contributed by atoms with Crippen molar-refractivity contribution in [1.29, 1.82) is 0 Å². The summed E-state index contributed by atoms with van der Waals surface area (Å²) in [5.74, 6) is -0.318. The van der Waals surface area contributed by atoms with Gasteiger partial charge >= 0.3 is 6.61 Å². The Morgan fingerprint density at radius 1 is 1.31 bits per heavy atom. The highest BCUT2D eigenvalue weighted by molar-refractivity contribution is 9.11. The zero-order valence-corrected chi connectivity index (χ0v) is 11.4. The molecule has 1 rings (SSSR count). The first-order valence-corrected chi connectivity index (χ1v) is 6.82. The Morgan fingerprint density at radius 3 is 2.31 bits per heavy atom. The van der Waals surface area contributed by atoms with Gasteiger partial charge in [-0.15, -0.1) is 0 Å². The maximum Gasteiger partial charge on any atom is 0.387 e. The number of halogens is 4. The number of nitrogens with two attached hydrogens (primary N) is 1. The highest BCUT2D eigenvalue weighted by Crippen LogP contribution is 2.38. The first kappa shape index (κ1) is 13.8. The van der Waals surface area contributed by atoms with E-state index in [0.717, 1.165) is 0 Å². The van der Waals surface area contributed by atoms with E-state index in [-0.39, 0.29) is 19.6 Å². The molecule has 0 heterocycles. The van der Waals surface area contributed by atoms with Gasteiger partial charge in [0.05, 0.1) is 13.8 Å². The van der Waals surface area contributed by atoms with Crippen molar-refractivity contribution in [3.8, 4) is 5.75 Å². The largest absolute Gasteiger partial charge is 0.432 e. The Morgan fingerprint density at radius 2 is 1.88 bits per heavy atom. The summed E-state index contributed by atoms with van der Waals surface area (Å²) < 4.78 is 50.5. The van der Waals surface area contributed by atoms with E-state index < -0.39 is 16.6 Å². The number of rotatable bonds is 3. The topological polar surface area (TPSA) is 69.4 Å². The number of alkyl halides is 2. The Bertz CT molecular complexity index is 507. The van der Waals surface area contributed by atoms with Crippen molar-refractivity contribution in [2.45, 2.75) is 11.5 Å². The number of ether oxygens (including phenoxy) is 1. The van der Waals surface area contributed by atoms with Gasteiger partial charge in [0.15, 0.2) is 5.75 Å². The number of sulfonamides is 1. The minimum Gasteiger partial charge on any atom is -0.432 e. The highest BCUT2D eigenvalue weighted by atomic mass is 79.9. The second-order valence-corrected chi connectivity index (χ2v) is 5.79. The fourth-order valence-corrected chi connectivity index (χ4v) is 3.34. The molecule has 9 heteroatoms. The van der Waals surface area contributed by atoms with Gasteiger partial charge in [-0.1, -0.05) is 0 Å². The molecule has 0 aromatic heterocycles. The van der Waals surface area contributed by atoms with Crippen molar-refractivity contribution in [3.63, 3.8) is 0 Å². The number of hydrogen-bond acceptors (Lipinski definition) is 3. The minimum atomic E-state index is -4.00.